The molecule has 1 N–H and O–H groups in total. The first kappa shape index (κ1) is 19.9. The quantitative estimate of drug-likeness (QED) is 0.723. The number of thioether (sulfide) groups is 1. The molecule has 0 spiro atoms. The Morgan fingerprint density at radius 1 is 1.19 bits per heavy atom. The van der Waals surface area contributed by atoms with Crippen LogP contribution in [0.4, 0.5) is 14.5 Å². The molecule has 0 aliphatic carbocycles. The van der Waals surface area contributed by atoms with Gasteiger partial charge in [0.05, 0.1) is 12.4 Å². The van der Waals surface area contributed by atoms with E-state index in [2.05, 4.69) is 5.32 Å². The van der Waals surface area contributed by atoms with Gasteiger partial charge >= 0.3 is 0 Å². The lowest BCUT2D eigenvalue weighted by Crippen LogP contribution is -2.23. The predicted molar refractivity (Wildman–Crippen MR) is 98.7 cm³/mol. The molecular weight excluding hydrogens is 360 g/mol. The standard InChI is InChI=1S/C19H19F2NO3S/c1-11(23)13-7-8-17(25-3)14(9-13)10-26-12(2)19(24)22-18-15(20)5-4-6-16(18)21/h4-9,12H,10H2,1-3H3,(H,22,24). The maximum atomic E-state index is 13.6. The van der Waals surface area contributed by atoms with Crippen LogP contribution in [0.15, 0.2) is 36.4 Å². The van der Waals surface area contributed by atoms with Crippen molar-refractivity contribution in [2.24, 2.45) is 0 Å². The van der Waals surface area contributed by atoms with Crippen LogP contribution in [0.1, 0.15) is 29.8 Å². The molecule has 1 amide bonds. The normalized spacial score (nSPS) is 11.7. The highest BCUT2D eigenvalue weighted by Gasteiger charge is 2.18. The summed E-state index contributed by atoms with van der Waals surface area (Å²) in [6.07, 6.45) is 0. The molecule has 0 aliphatic rings. The molecule has 0 radical (unpaired) electrons. The van der Waals surface area contributed by atoms with E-state index >= 15 is 0 Å². The van der Waals surface area contributed by atoms with E-state index in [-0.39, 0.29) is 5.78 Å². The summed E-state index contributed by atoms with van der Waals surface area (Å²) in [5, 5.41) is 1.71. The number of anilines is 1. The van der Waals surface area contributed by atoms with Gasteiger partial charge in [-0.2, -0.15) is 0 Å². The van der Waals surface area contributed by atoms with Crippen molar-refractivity contribution < 1.29 is 23.1 Å². The third-order valence-corrected chi connectivity index (χ3v) is 4.95. The van der Waals surface area contributed by atoms with E-state index in [1.54, 1.807) is 25.1 Å². The Morgan fingerprint density at radius 2 is 1.85 bits per heavy atom. The zero-order chi connectivity index (χ0) is 19.3. The van der Waals surface area contributed by atoms with Crippen LogP contribution in [-0.4, -0.2) is 24.1 Å². The van der Waals surface area contributed by atoms with E-state index in [1.165, 1.54) is 31.9 Å². The summed E-state index contributed by atoms with van der Waals surface area (Å²) in [6.45, 7) is 3.11. The van der Waals surface area contributed by atoms with Gasteiger partial charge in [-0.05, 0) is 44.2 Å². The number of amides is 1. The number of carbonyl (C=O) groups is 2. The molecule has 4 nitrogen and oxygen atoms in total. The van der Waals surface area contributed by atoms with Gasteiger partial charge in [0.2, 0.25) is 5.91 Å². The summed E-state index contributed by atoms with van der Waals surface area (Å²) in [5.41, 5.74) is 0.856. The number of para-hydroxylation sites is 1. The first-order valence-electron chi connectivity index (χ1n) is 7.87. The highest BCUT2D eigenvalue weighted by Crippen LogP contribution is 2.28. The summed E-state index contributed by atoms with van der Waals surface area (Å²) in [6, 6.07) is 8.48. The fraction of sp³-hybridized carbons (Fsp3) is 0.263. The topological polar surface area (TPSA) is 55.4 Å². The van der Waals surface area contributed by atoms with Crippen LogP contribution in [-0.2, 0) is 10.5 Å². The maximum Gasteiger partial charge on any atom is 0.237 e. The van der Waals surface area contributed by atoms with Crippen molar-refractivity contribution in [2.75, 3.05) is 12.4 Å². The summed E-state index contributed by atoms with van der Waals surface area (Å²) < 4.78 is 32.5. The van der Waals surface area contributed by atoms with E-state index < -0.39 is 28.5 Å². The largest absolute Gasteiger partial charge is 0.496 e. The van der Waals surface area contributed by atoms with Gasteiger partial charge in [0, 0.05) is 16.9 Å². The van der Waals surface area contributed by atoms with Gasteiger partial charge in [-0.15, -0.1) is 11.8 Å². The second-order valence-corrected chi connectivity index (χ2v) is 6.95. The Morgan fingerprint density at radius 3 is 2.42 bits per heavy atom. The molecule has 2 aromatic rings. The Hall–Kier alpha value is -2.41. The number of ether oxygens (including phenoxy) is 1. The SMILES string of the molecule is COc1ccc(C(C)=O)cc1CSC(C)C(=O)Nc1c(F)cccc1F. The number of carbonyl (C=O) groups excluding carboxylic acids is 2. The lowest BCUT2D eigenvalue weighted by Gasteiger charge is -2.15. The monoisotopic (exact) mass is 379 g/mol. The third-order valence-electron chi connectivity index (χ3n) is 3.76. The maximum absolute atomic E-state index is 13.6. The third kappa shape index (κ3) is 4.82. The highest BCUT2D eigenvalue weighted by molar-refractivity contribution is 7.99. The minimum atomic E-state index is -0.827. The smallest absolute Gasteiger partial charge is 0.237 e. The molecule has 0 saturated carbocycles. The summed E-state index contributed by atoms with van der Waals surface area (Å²) in [5.74, 6) is -1.23. The minimum Gasteiger partial charge on any atom is -0.496 e. The zero-order valence-electron chi connectivity index (χ0n) is 14.6. The number of hydrogen-bond acceptors (Lipinski definition) is 4. The number of rotatable bonds is 7. The Kier molecular flexibility index (Phi) is 6.74. The molecule has 0 saturated heterocycles. The molecule has 0 aliphatic heterocycles. The van der Waals surface area contributed by atoms with Gasteiger partial charge in [0.1, 0.15) is 23.1 Å². The number of benzene rings is 2. The minimum absolute atomic E-state index is 0.0697. The molecule has 0 aromatic heterocycles. The second-order valence-electron chi connectivity index (χ2n) is 5.62. The van der Waals surface area contributed by atoms with Crippen LogP contribution < -0.4 is 10.1 Å². The van der Waals surface area contributed by atoms with E-state index in [9.17, 15) is 18.4 Å². The summed E-state index contributed by atoms with van der Waals surface area (Å²) >= 11 is 1.27. The average Bonchev–Trinajstić information content (AvgIpc) is 2.62. The van der Waals surface area contributed by atoms with Crippen LogP contribution in [0.3, 0.4) is 0 Å². The van der Waals surface area contributed by atoms with Gasteiger partial charge in [0.25, 0.3) is 0 Å². The lowest BCUT2D eigenvalue weighted by atomic mass is 10.1. The molecule has 7 heteroatoms. The van der Waals surface area contributed by atoms with Crippen molar-refractivity contribution in [2.45, 2.75) is 24.9 Å². The first-order valence-corrected chi connectivity index (χ1v) is 8.92. The Balaban J connectivity index is 2.06. The first-order chi connectivity index (χ1) is 12.3. The van der Waals surface area contributed by atoms with Crippen LogP contribution >= 0.6 is 11.8 Å². The summed E-state index contributed by atoms with van der Waals surface area (Å²) in [4.78, 5) is 23.7. The molecule has 0 fully saturated rings. The van der Waals surface area contributed by atoms with Crippen molar-refractivity contribution in [1.29, 1.82) is 0 Å². The van der Waals surface area contributed by atoms with Crippen molar-refractivity contribution in [3.63, 3.8) is 0 Å². The van der Waals surface area contributed by atoms with Crippen molar-refractivity contribution in [3.05, 3.63) is 59.2 Å². The number of ketones is 1. The van der Waals surface area contributed by atoms with Gasteiger partial charge in [0.15, 0.2) is 5.78 Å². The molecule has 0 bridgehead atoms. The van der Waals surface area contributed by atoms with E-state index in [0.29, 0.717) is 17.1 Å². The number of halogens is 2. The van der Waals surface area contributed by atoms with Crippen LogP contribution in [0.5, 0.6) is 5.75 Å². The van der Waals surface area contributed by atoms with Crippen molar-refractivity contribution in [3.8, 4) is 5.75 Å². The van der Waals surface area contributed by atoms with Gasteiger partial charge in [-0.1, -0.05) is 6.07 Å². The predicted octanol–water partition coefficient (Wildman–Crippen LogP) is 4.44. The van der Waals surface area contributed by atoms with Crippen molar-refractivity contribution >= 4 is 29.1 Å². The van der Waals surface area contributed by atoms with Crippen LogP contribution in [0.2, 0.25) is 0 Å². The van der Waals surface area contributed by atoms with E-state index in [1.807, 2.05) is 0 Å². The molecule has 26 heavy (non-hydrogen) atoms. The van der Waals surface area contributed by atoms with E-state index in [0.717, 1.165) is 17.7 Å². The molecule has 1 atom stereocenters. The zero-order valence-corrected chi connectivity index (χ0v) is 15.5. The lowest BCUT2D eigenvalue weighted by molar-refractivity contribution is -0.115. The van der Waals surface area contributed by atoms with Gasteiger partial charge in [-0.25, -0.2) is 8.78 Å². The van der Waals surface area contributed by atoms with Crippen LogP contribution in [0.25, 0.3) is 0 Å². The van der Waals surface area contributed by atoms with Gasteiger partial charge < -0.3 is 10.1 Å². The second kappa shape index (κ2) is 8.80. The number of methoxy groups -OCH3 is 1. The average molecular weight is 379 g/mol. The fourth-order valence-corrected chi connectivity index (χ4v) is 3.11. The number of Topliss-reactive ketones (excluding diaryl/α,β-unsaturated/α-hetero) is 1. The molecule has 2 aromatic carbocycles. The number of nitrogens with one attached hydrogen (secondary N) is 1. The van der Waals surface area contributed by atoms with E-state index in [4.69, 9.17) is 4.74 Å². The molecule has 1 unspecified atom stereocenters. The van der Waals surface area contributed by atoms with Crippen molar-refractivity contribution in [1.82, 2.24) is 0 Å². The molecule has 0 heterocycles. The molecule has 138 valence electrons. The van der Waals surface area contributed by atoms with Crippen LogP contribution in [0, 0.1) is 11.6 Å². The number of hydrogen-bond donors (Lipinski definition) is 1. The highest BCUT2D eigenvalue weighted by atomic mass is 32.2. The molecular formula is C19H19F2NO3S. The Labute approximate surface area is 154 Å². The summed E-state index contributed by atoms with van der Waals surface area (Å²) in [7, 11) is 1.52. The fourth-order valence-electron chi connectivity index (χ4n) is 2.24. The molecule has 2 rings (SSSR count). The Bertz CT molecular complexity index is 806. The van der Waals surface area contributed by atoms with Gasteiger partial charge in [-0.3, -0.25) is 9.59 Å².